The van der Waals surface area contributed by atoms with E-state index in [0.717, 1.165) is 10.8 Å². The van der Waals surface area contributed by atoms with Gasteiger partial charge in [0.25, 0.3) is 5.91 Å². The predicted octanol–water partition coefficient (Wildman–Crippen LogP) is 0.514. The van der Waals surface area contributed by atoms with Crippen molar-refractivity contribution in [1.82, 2.24) is 10.2 Å². The van der Waals surface area contributed by atoms with Gasteiger partial charge >= 0.3 is 0 Å². The summed E-state index contributed by atoms with van der Waals surface area (Å²) in [6.07, 6.45) is -1.30. The van der Waals surface area contributed by atoms with Gasteiger partial charge in [-0.25, -0.2) is 13.9 Å². The molecule has 0 bridgehead atoms. The Kier molecular flexibility index (Phi) is 5.32. The zero-order chi connectivity index (χ0) is 17.0. The molecular weight excluding hydrogens is 320 g/mol. The van der Waals surface area contributed by atoms with Crippen molar-refractivity contribution in [3.05, 3.63) is 48.0 Å². The van der Waals surface area contributed by atoms with Crippen LogP contribution in [0.4, 0.5) is 0 Å². The largest absolute Gasteiger partial charge is 0.391 e. The van der Waals surface area contributed by atoms with E-state index in [4.69, 9.17) is 5.21 Å². The molecule has 0 heterocycles. The van der Waals surface area contributed by atoms with Crippen molar-refractivity contribution in [2.75, 3.05) is 0 Å². The molecule has 0 aliphatic rings. The topological polar surface area (TPSA) is 116 Å². The molecule has 8 heteroatoms. The summed E-state index contributed by atoms with van der Waals surface area (Å²) in [5.74, 6) is -1.37. The van der Waals surface area contributed by atoms with Crippen LogP contribution in [0.15, 0.2) is 42.5 Å². The zero-order valence-electron chi connectivity index (χ0n) is 12.4. The fourth-order valence-corrected chi connectivity index (χ4v) is 3.62. The summed E-state index contributed by atoms with van der Waals surface area (Å²) in [5.41, 5.74) is 1.88. The summed E-state index contributed by atoms with van der Waals surface area (Å²) in [7, 11) is -3.88. The van der Waals surface area contributed by atoms with Crippen LogP contribution in [0.3, 0.4) is 0 Å². The lowest BCUT2D eigenvalue weighted by Crippen LogP contribution is -2.51. The number of fused-ring (bicyclic) bond motifs is 1. The predicted molar refractivity (Wildman–Crippen MR) is 85.1 cm³/mol. The summed E-state index contributed by atoms with van der Waals surface area (Å²) >= 11 is 0. The molecule has 0 saturated carbocycles. The van der Waals surface area contributed by atoms with Gasteiger partial charge in [0.2, 0.25) is 10.0 Å². The summed E-state index contributed by atoms with van der Waals surface area (Å²) in [4.78, 5) is 11.4. The maximum atomic E-state index is 12.2. The first-order valence-corrected chi connectivity index (χ1v) is 8.57. The smallest absolute Gasteiger partial charge is 0.264 e. The number of hydrogen-bond donors (Lipinski definition) is 4. The van der Waals surface area contributed by atoms with Crippen LogP contribution in [-0.4, -0.2) is 36.8 Å². The van der Waals surface area contributed by atoms with Gasteiger partial charge in [-0.05, 0) is 23.3 Å². The Morgan fingerprint density at radius 2 is 1.83 bits per heavy atom. The Morgan fingerprint density at radius 1 is 1.17 bits per heavy atom. The van der Waals surface area contributed by atoms with E-state index in [-0.39, 0.29) is 5.75 Å². The molecule has 0 fully saturated rings. The van der Waals surface area contributed by atoms with Crippen molar-refractivity contribution in [3.63, 3.8) is 0 Å². The van der Waals surface area contributed by atoms with Gasteiger partial charge in [0.1, 0.15) is 6.04 Å². The lowest BCUT2D eigenvalue weighted by molar-refractivity contribution is -0.133. The second-order valence-electron chi connectivity index (χ2n) is 5.25. The monoisotopic (exact) mass is 338 g/mol. The van der Waals surface area contributed by atoms with Crippen LogP contribution in [0.1, 0.15) is 12.5 Å². The van der Waals surface area contributed by atoms with E-state index in [2.05, 4.69) is 4.72 Å². The lowest BCUT2D eigenvalue weighted by Gasteiger charge is -2.19. The van der Waals surface area contributed by atoms with E-state index in [0.29, 0.717) is 5.56 Å². The molecule has 0 aliphatic carbocycles. The standard InChI is InChI=1S/C15H18N2O5S/c1-10(18)14(15(19)16-20)17-23(21,22)9-11-6-7-12-4-2-3-5-13(12)8-11/h2-8,10,14,17-18,20H,9H2,1H3,(H,16,19)/t10-,14-/m1/s1. The van der Waals surface area contributed by atoms with Gasteiger partial charge in [0.05, 0.1) is 11.9 Å². The molecule has 4 N–H and O–H groups in total. The number of amides is 1. The summed E-state index contributed by atoms with van der Waals surface area (Å²) in [6, 6.07) is 11.3. The number of aliphatic hydroxyl groups excluding tert-OH is 1. The van der Waals surface area contributed by atoms with Crippen LogP contribution in [0, 0.1) is 0 Å². The first kappa shape index (κ1) is 17.4. The quantitative estimate of drug-likeness (QED) is 0.452. The maximum Gasteiger partial charge on any atom is 0.264 e. The van der Waals surface area contributed by atoms with Gasteiger partial charge in [0.15, 0.2) is 0 Å². The Hall–Kier alpha value is -2.00. The van der Waals surface area contributed by atoms with E-state index < -0.39 is 28.1 Å². The molecule has 2 atom stereocenters. The number of sulfonamides is 1. The zero-order valence-corrected chi connectivity index (χ0v) is 13.2. The molecule has 0 aliphatic heterocycles. The molecule has 124 valence electrons. The molecule has 23 heavy (non-hydrogen) atoms. The summed E-state index contributed by atoms with van der Waals surface area (Å²) < 4.78 is 26.5. The molecule has 7 nitrogen and oxygen atoms in total. The van der Waals surface area contributed by atoms with Gasteiger partial charge in [-0.2, -0.15) is 4.72 Å². The third kappa shape index (κ3) is 4.49. The second kappa shape index (κ2) is 7.05. The van der Waals surface area contributed by atoms with Gasteiger partial charge in [-0.15, -0.1) is 0 Å². The second-order valence-corrected chi connectivity index (χ2v) is 7.01. The number of aliphatic hydroxyl groups is 1. The van der Waals surface area contributed by atoms with Gasteiger partial charge in [-0.1, -0.05) is 42.5 Å². The van der Waals surface area contributed by atoms with E-state index in [9.17, 15) is 18.3 Å². The minimum Gasteiger partial charge on any atom is -0.391 e. The fourth-order valence-electron chi connectivity index (χ4n) is 2.22. The van der Waals surface area contributed by atoms with E-state index in [1.165, 1.54) is 12.4 Å². The van der Waals surface area contributed by atoms with Gasteiger partial charge in [0, 0.05) is 0 Å². The molecular formula is C15H18N2O5S. The first-order chi connectivity index (χ1) is 10.8. The van der Waals surface area contributed by atoms with Crippen LogP contribution < -0.4 is 10.2 Å². The Bertz CT molecular complexity index is 804. The Balaban J connectivity index is 2.20. The minimum absolute atomic E-state index is 0.347. The highest BCUT2D eigenvalue weighted by atomic mass is 32.2. The number of rotatable bonds is 6. The number of carbonyl (C=O) groups is 1. The average molecular weight is 338 g/mol. The van der Waals surface area contributed by atoms with Crippen LogP contribution in [-0.2, 0) is 20.6 Å². The fraction of sp³-hybridized carbons (Fsp3) is 0.267. The summed E-state index contributed by atoms with van der Waals surface area (Å²) in [6.45, 7) is 1.25. The molecule has 2 rings (SSSR count). The molecule has 0 unspecified atom stereocenters. The Morgan fingerprint density at radius 3 is 2.43 bits per heavy atom. The van der Waals surface area contributed by atoms with Crippen LogP contribution in [0.2, 0.25) is 0 Å². The van der Waals surface area contributed by atoms with E-state index >= 15 is 0 Å². The number of hydroxylamine groups is 1. The minimum atomic E-state index is -3.88. The highest BCUT2D eigenvalue weighted by molar-refractivity contribution is 7.88. The molecule has 0 radical (unpaired) electrons. The van der Waals surface area contributed by atoms with Crippen molar-refractivity contribution in [3.8, 4) is 0 Å². The van der Waals surface area contributed by atoms with Crippen molar-refractivity contribution in [1.29, 1.82) is 0 Å². The molecule has 0 aromatic heterocycles. The van der Waals surface area contributed by atoms with Crippen molar-refractivity contribution in [2.24, 2.45) is 0 Å². The average Bonchev–Trinajstić information content (AvgIpc) is 2.51. The van der Waals surface area contributed by atoms with Crippen LogP contribution >= 0.6 is 0 Å². The Labute approximate surface area is 134 Å². The molecule has 0 spiro atoms. The van der Waals surface area contributed by atoms with E-state index in [1.807, 2.05) is 30.3 Å². The highest BCUT2D eigenvalue weighted by Gasteiger charge is 2.28. The van der Waals surface area contributed by atoms with E-state index in [1.54, 1.807) is 12.1 Å². The lowest BCUT2D eigenvalue weighted by atomic mass is 10.1. The molecule has 2 aromatic carbocycles. The van der Waals surface area contributed by atoms with Crippen LogP contribution in [0.25, 0.3) is 10.8 Å². The SMILES string of the molecule is C[C@@H](O)[C@@H](NS(=O)(=O)Cc1ccc2ccccc2c1)C(=O)NO. The third-order valence-corrected chi connectivity index (χ3v) is 4.68. The van der Waals surface area contributed by atoms with Crippen molar-refractivity contribution < 1.29 is 23.5 Å². The third-order valence-electron chi connectivity index (χ3n) is 3.35. The molecule has 2 aromatic rings. The number of carbonyl (C=O) groups excluding carboxylic acids is 1. The van der Waals surface area contributed by atoms with Crippen molar-refractivity contribution in [2.45, 2.75) is 24.8 Å². The number of hydrogen-bond acceptors (Lipinski definition) is 5. The van der Waals surface area contributed by atoms with Crippen molar-refractivity contribution >= 4 is 26.7 Å². The van der Waals surface area contributed by atoms with Crippen LogP contribution in [0.5, 0.6) is 0 Å². The van der Waals surface area contributed by atoms with Gasteiger partial charge in [-0.3, -0.25) is 10.0 Å². The first-order valence-electron chi connectivity index (χ1n) is 6.92. The normalized spacial score (nSPS) is 14.4. The number of benzene rings is 2. The maximum absolute atomic E-state index is 12.2. The number of nitrogens with one attached hydrogen (secondary N) is 2. The molecule has 1 amide bonds. The molecule has 0 saturated heterocycles. The highest BCUT2D eigenvalue weighted by Crippen LogP contribution is 2.17. The summed E-state index contributed by atoms with van der Waals surface area (Å²) in [5, 5.41) is 20.0. The van der Waals surface area contributed by atoms with Gasteiger partial charge < -0.3 is 5.11 Å².